The van der Waals surface area contributed by atoms with Gasteiger partial charge in [-0.05, 0) is 52.0 Å². The van der Waals surface area contributed by atoms with Crippen LogP contribution in [0.15, 0.2) is 109 Å². The van der Waals surface area contributed by atoms with Crippen LogP contribution in [-0.4, -0.2) is 27.1 Å². The van der Waals surface area contributed by atoms with Crippen molar-refractivity contribution in [1.82, 2.24) is 9.78 Å². The molecule has 1 aromatic heterocycles. The Hall–Kier alpha value is -4.71. The summed E-state index contributed by atoms with van der Waals surface area (Å²) in [7, 11) is 1.92. The summed E-state index contributed by atoms with van der Waals surface area (Å²) in [5.41, 5.74) is 7.45. The maximum absolute atomic E-state index is 10.6. The molecule has 6 nitrogen and oxygen atoms in total. The zero-order valence-electron chi connectivity index (χ0n) is 20.5. The fourth-order valence-electron chi connectivity index (χ4n) is 3.62. The van der Waals surface area contributed by atoms with E-state index in [4.69, 9.17) is 10.9 Å². The van der Waals surface area contributed by atoms with Crippen LogP contribution in [0.4, 0.5) is 0 Å². The molecule has 0 radical (unpaired) electrons. The van der Waals surface area contributed by atoms with E-state index in [1.165, 1.54) is 5.56 Å². The van der Waals surface area contributed by atoms with Crippen molar-refractivity contribution in [2.24, 2.45) is 18.0 Å². The summed E-state index contributed by atoms with van der Waals surface area (Å²) in [6, 6.07) is 26.0. The summed E-state index contributed by atoms with van der Waals surface area (Å²) in [4.78, 5) is 10.6. The average Bonchev–Trinajstić information content (AvgIpc) is 3.34. The first kappa shape index (κ1) is 25.9. The molecule has 6 heteroatoms. The Balaban J connectivity index is 0.000000249. The van der Waals surface area contributed by atoms with Gasteiger partial charge in [-0.15, -0.1) is 0 Å². The number of nitrogens with two attached hydrogens (primary N) is 1. The number of allylic oxidation sites excluding steroid dienone is 1. The van der Waals surface area contributed by atoms with Crippen molar-refractivity contribution in [3.05, 3.63) is 126 Å². The number of rotatable bonds is 7. The van der Waals surface area contributed by atoms with Crippen molar-refractivity contribution < 1.29 is 9.90 Å². The first-order valence-electron chi connectivity index (χ1n) is 11.6. The molecule has 0 fully saturated rings. The number of hydrogen-bond donors (Lipinski definition) is 2. The predicted octanol–water partition coefficient (Wildman–Crippen LogP) is 6.01. The number of carboxylic acid groups (broad SMARTS) is 1. The van der Waals surface area contributed by atoms with Crippen LogP contribution in [0.5, 0.6) is 0 Å². The number of hydrazone groups is 1. The lowest BCUT2D eigenvalue weighted by molar-refractivity contribution is -0.131. The summed E-state index contributed by atoms with van der Waals surface area (Å²) < 4.78 is 1.81. The molecule has 3 aromatic carbocycles. The standard InChI is InChI=1S/C20H20N2O2.C10H10N2/c1-2-4-19(18-6-3-5-16(13-18)14-22-21)17-10-7-15(8-11-17)9-12-20(23)24;1-12-8-10(7-11-12)9-5-3-2-4-6-9/h3-14H,2,21H2,1H3,(H,23,24);2-8H,1H3/b12-9+,19-4-,22-14-;. The Morgan fingerprint density at radius 3 is 2.33 bits per heavy atom. The summed E-state index contributed by atoms with van der Waals surface area (Å²) in [6.45, 7) is 2.09. The summed E-state index contributed by atoms with van der Waals surface area (Å²) >= 11 is 0. The number of carbonyl (C=O) groups is 1. The number of aliphatic carboxylic acids is 1. The number of benzene rings is 3. The lowest BCUT2D eigenvalue weighted by Gasteiger charge is -2.10. The Bertz CT molecular complexity index is 1350. The van der Waals surface area contributed by atoms with Crippen molar-refractivity contribution in [3.8, 4) is 11.1 Å². The molecule has 3 N–H and O–H groups in total. The highest BCUT2D eigenvalue weighted by atomic mass is 16.4. The molecule has 0 aliphatic carbocycles. The number of aryl methyl sites for hydroxylation is 1. The number of nitrogens with zero attached hydrogens (tertiary/aromatic N) is 3. The average molecular weight is 479 g/mol. The molecule has 0 atom stereocenters. The minimum absolute atomic E-state index is 0.848. The summed E-state index contributed by atoms with van der Waals surface area (Å²) in [5.74, 6) is 4.27. The van der Waals surface area contributed by atoms with Crippen LogP contribution in [0.1, 0.15) is 35.6 Å². The minimum Gasteiger partial charge on any atom is -0.478 e. The van der Waals surface area contributed by atoms with Gasteiger partial charge in [0.2, 0.25) is 0 Å². The van der Waals surface area contributed by atoms with Gasteiger partial charge in [-0.2, -0.15) is 10.2 Å². The predicted molar refractivity (Wildman–Crippen MR) is 147 cm³/mol. The van der Waals surface area contributed by atoms with E-state index >= 15 is 0 Å². The van der Waals surface area contributed by atoms with Crippen molar-refractivity contribution >= 4 is 23.8 Å². The van der Waals surface area contributed by atoms with Gasteiger partial charge in [-0.25, -0.2) is 4.79 Å². The molecular formula is C30H30N4O2. The molecule has 0 aliphatic rings. The lowest BCUT2D eigenvalue weighted by Crippen LogP contribution is -1.92. The minimum atomic E-state index is -0.955. The monoisotopic (exact) mass is 478 g/mol. The third-order valence-corrected chi connectivity index (χ3v) is 5.28. The van der Waals surface area contributed by atoms with Crippen LogP contribution in [-0.2, 0) is 11.8 Å². The highest BCUT2D eigenvalue weighted by Crippen LogP contribution is 2.25. The zero-order valence-corrected chi connectivity index (χ0v) is 20.5. The lowest BCUT2D eigenvalue weighted by atomic mass is 9.95. The molecule has 4 rings (SSSR count). The topological polar surface area (TPSA) is 93.5 Å². The van der Waals surface area contributed by atoms with Crippen LogP contribution in [0.2, 0.25) is 0 Å². The normalized spacial score (nSPS) is 11.4. The third-order valence-electron chi connectivity index (χ3n) is 5.28. The van der Waals surface area contributed by atoms with Crippen LogP contribution < -0.4 is 5.84 Å². The largest absolute Gasteiger partial charge is 0.478 e. The zero-order chi connectivity index (χ0) is 25.8. The highest BCUT2D eigenvalue weighted by molar-refractivity contribution is 5.87. The second-order valence-corrected chi connectivity index (χ2v) is 7.99. The summed E-state index contributed by atoms with van der Waals surface area (Å²) in [6.07, 6.45) is 11.3. The molecule has 36 heavy (non-hydrogen) atoms. The van der Waals surface area contributed by atoms with Gasteiger partial charge in [0.1, 0.15) is 0 Å². The van der Waals surface area contributed by atoms with E-state index in [0.29, 0.717) is 0 Å². The van der Waals surface area contributed by atoms with E-state index in [9.17, 15) is 4.79 Å². The molecule has 0 saturated carbocycles. The Morgan fingerprint density at radius 2 is 1.72 bits per heavy atom. The SMILES string of the molecule is CC/C=C(/c1ccc(/C=C/C(=O)O)cc1)c1cccc(/C=N\N)c1.Cn1cc(-c2ccccc2)cn1. The molecule has 0 saturated heterocycles. The second-order valence-electron chi connectivity index (χ2n) is 7.99. The molecule has 0 unspecified atom stereocenters. The third kappa shape index (κ3) is 7.67. The van der Waals surface area contributed by atoms with Crippen LogP contribution >= 0.6 is 0 Å². The van der Waals surface area contributed by atoms with Gasteiger partial charge < -0.3 is 10.9 Å². The molecule has 4 aromatic rings. The van der Waals surface area contributed by atoms with Gasteiger partial charge in [-0.1, -0.05) is 85.8 Å². The van der Waals surface area contributed by atoms with Gasteiger partial charge in [0.25, 0.3) is 0 Å². The van der Waals surface area contributed by atoms with E-state index < -0.39 is 5.97 Å². The molecule has 182 valence electrons. The van der Waals surface area contributed by atoms with Crippen molar-refractivity contribution in [1.29, 1.82) is 0 Å². The van der Waals surface area contributed by atoms with E-state index in [2.05, 4.69) is 35.3 Å². The number of hydrogen-bond acceptors (Lipinski definition) is 4. The van der Waals surface area contributed by atoms with Gasteiger partial charge in [0, 0.05) is 24.9 Å². The van der Waals surface area contributed by atoms with E-state index in [1.54, 1.807) is 12.3 Å². The van der Waals surface area contributed by atoms with Crippen molar-refractivity contribution in [2.75, 3.05) is 0 Å². The van der Waals surface area contributed by atoms with E-state index in [1.807, 2.05) is 90.9 Å². The first-order chi connectivity index (χ1) is 17.5. The molecule has 0 aliphatic heterocycles. The van der Waals surface area contributed by atoms with Crippen LogP contribution in [0.3, 0.4) is 0 Å². The Labute approximate surface area is 211 Å². The molecular weight excluding hydrogens is 448 g/mol. The molecule has 0 bridgehead atoms. The maximum atomic E-state index is 10.6. The maximum Gasteiger partial charge on any atom is 0.328 e. The summed E-state index contributed by atoms with van der Waals surface area (Å²) in [5, 5.41) is 16.4. The van der Waals surface area contributed by atoms with Gasteiger partial charge in [-0.3, -0.25) is 4.68 Å². The van der Waals surface area contributed by atoms with E-state index in [0.717, 1.165) is 45.9 Å². The fourth-order valence-corrected chi connectivity index (χ4v) is 3.62. The number of carboxylic acids is 1. The smallest absolute Gasteiger partial charge is 0.328 e. The van der Waals surface area contributed by atoms with E-state index in [-0.39, 0.29) is 0 Å². The van der Waals surface area contributed by atoms with Crippen LogP contribution in [0.25, 0.3) is 22.8 Å². The Morgan fingerprint density at radius 1 is 0.972 bits per heavy atom. The molecule has 0 spiro atoms. The van der Waals surface area contributed by atoms with Gasteiger partial charge >= 0.3 is 5.97 Å². The van der Waals surface area contributed by atoms with Gasteiger partial charge in [0.05, 0.1) is 12.4 Å². The number of aromatic nitrogens is 2. The van der Waals surface area contributed by atoms with Crippen molar-refractivity contribution in [2.45, 2.75) is 13.3 Å². The van der Waals surface area contributed by atoms with Gasteiger partial charge in [0.15, 0.2) is 0 Å². The van der Waals surface area contributed by atoms with Crippen molar-refractivity contribution in [3.63, 3.8) is 0 Å². The Kier molecular flexibility index (Phi) is 9.53. The first-order valence-corrected chi connectivity index (χ1v) is 11.6. The second kappa shape index (κ2) is 13.2. The quantitative estimate of drug-likeness (QED) is 0.147. The highest BCUT2D eigenvalue weighted by Gasteiger charge is 2.05. The molecule has 0 amide bonds. The van der Waals surface area contributed by atoms with Crippen LogP contribution in [0, 0.1) is 0 Å². The molecule has 1 heterocycles. The fraction of sp³-hybridized carbons (Fsp3) is 0.100.